The molecular formula is C15H23NO2. The number of aliphatic hydroxyl groups is 1. The Bertz CT molecular complexity index is 368. The van der Waals surface area contributed by atoms with Gasteiger partial charge in [0.05, 0.1) is 13.2 Å². The maximum absolute atomic E-state index is 9.27. The zero-order valence-electron chi connectivity index (χ0n) is 11.3. The molecule has 0 saturated heterocycles. The van der Waals surface area contributed by atoms with Crippen molar-refractivity contribution in [3.63, 3.8) is 0 Å². The van der Waals surface area contributed by atoms with E-state index in [1.54, 1.807) is 0 Å². The van der Waals surface area contributed by atoms with Crippen LogP contribution in [0, 0.1) is 13.8 Å². The molecule has 18 heavy (non-hydrogen) atoms. The van der Waals surface area contributed by atoms with E-state index in [0.717, 1.165) is 12.2 Å². The van der Waals surface area contributed by atoms with Gasteiger partial charge in [-0.1, -0.05) is 6.07 Å². The second kappa shape index (κ2) is 6.21. The highest BCUT2D eigenvalue weighted by molar-refractivity contribution is 5.32. The predicted molar refractivity (Wildman–Crippen MR) is 73.1 cm³/mol. The van der Waals surface area contributed by atoms with Gasteiger partial charge in [-0.25, -0.2) is 0 Å². The standard InChI is InChI=1S/C15H23NO2/c1-11-7-12(2)9-15(8-11)18-6-5-14(10-17)16-13-3-4-13/h7-9,13-14,16-17H,3-6,10H2,1-2H3. The zero-order chi connectivity index (χ0) is 13.0. The second-order valence-electron chi connectivity index (χ2n) is 5.28. The Morgan fingerprint density at radius 1 is 1.28 bits per heavy atom. The minimum atomic E-state index is 0.170. The number of hydrogen-bond donors (Lipinski definition) is 2. The van der Waals surface area contributed by atoms with Gasteiger partial charge in [0.15, 0.2) is 0 Å². The lowest BCUT2D eigenvalue weighted by atomic mass is 10.1. The Kier molecular flexibility index (Phi) is 4.61. The molecule has 1 aromatic carbocycles. The summed E-state index contributed by atoms with van der Waals surface area (Å²) >= 11 is 0. The number of rotatable bonds is 7. The first-order valence-electron chi connectivity index (χ1n) is 6.75. The molecule has 1 unspecified atom stereocenters. The summed E-state index contributed by atoms with van der Waals surface area (Å²) in [6.45, 7) is 4.98. The van der Waals surface area contributed by atoms with E-state index >= 15 is 0 Å². The highest BCUT2D eigenvalue weighted by atomic mass is 16.5. The first kappa shape index (κ1) is 13.4. The van der Waals surface area contributed by atoms with Crippen LogP contribution in [0.3, 0.4) is 0 Å². The van der Waals surface area contributed by atoms with Gasteiger partial charge in [0.1, 0.15) is 5.75 Å². The molecule has 3 heteroatoms. The van der Waals surface area contributed by atoms with Crippen LogP contribution in [0.2, 0.25) is 0 Å². The molecule has 0 bridgehead atoms. The minimum Gasteiger partial charge on any atom is -0.494 e. The lowest BCUT2D eigenvalue weighted by molar-refractivity contribution is 0.207. The fraction of sp³-hybridized carbons (Fsp3) is 0.600. The average molecular weight is 249 g/mol. The van der Waals surface area contributed by atoms with Crippen molar-refractivity contribution in [3.8, 4) is 5.75 Å². The Morgan fingerprint density at radius 2 is 1.94 bits per heavy atom. The van der Waals surface area contributed by atoms with Crippen molar-refractivity contribution in [2.45, 2.75) is 45.2 Å². The number of ether oxygens (including phenoxy) is 1. The van der Waals surface area contributed by atoms with E-state index in [-0.39, 0.29) is 12.6 Å². The number of benzene rings is 1. The molecule has 0 heterocycles. The molecule has 2 rings (SSSR count). The van der Waals surface area contributed by atoms with Gasteiger partial charge in [0, 0.05) is 12.1 Å². The first-order chi connectivity index (χ1) is 8.67. The van der Waals surface area contributed by atoms with Crippen molar-refractivity contribution in [2.24, 2.45) is 0 Å². The first-order valence-corrected chi connectivity index (χ1v) is 6.75. The summed E-state index contributed by atoms with van der Waals surface area (Å²) in [6, 6.07) is 7.04. The predicted octanol–water partition coefficient (Wildman–Crippen LogP) is 2.19. The lowest BCUT2D eigenvalue weighted by Gasteiger charge is -2.16. The Labute approximate surface area is 109 Å². The van der Waals surface area contributed by atoms with E-state index in [4.69, 9.17) is 4.74 Å². The summed E-state index contributed by atoms with van der Waals surface area (Å²) < 4.78 is 5.75. The largest absolute Gasteiger partial charge is 0.494 e. The molecule has 1 atom stereocenters. The highest BCUT2D eigenvalue weighted by Gasteiger charge is 2.23. The Morgan fingerprint density at radius 3 is 2.50 bits per heavy atom. The maximum atomic E-state index is 9.27. The molecule has 0 radical (unpaired) electrons. The molecule has 0 amide bonds. The summed E-state index contributed by atoms with van der Waals surface area (Å²) in [7, 11) is 0. The fourth-order valence-corrected chi connectivity index (χ4v) is 2.15. The van der Waals surface area contributed by atoms with Gasteiger partial charge in [-0.05, 0) is 56.4 Å². The van der Waals surface area contributed by atoms with E-state index in [1.807, 2.05) is 0 Å². The van der Waals surface area contributed by atoms with Crippen molar-refractivity contribution in [2.75, 3.05) is 13.2 Å². The lowest BCUT2D eigenvalue weighted by Crippen LogP contribution is -2.35. The molecular weight excluding hydrogens is 226 g/mol. The van der Waals surface area contributed by atoms with E-state index in [2.05, 4.69) is 37.4 Å². The van der Waals surface area contributed by atoms with Crippen LogP contribution in [0.15, 0.2) is 18.2 Å². The molecule has 1 aliphatic carbocycles. The number of aryl methyl sites for hydroxylation is 2. The van der Waals surface area contributed by atoms with Gasteiger partial charge in [-0.15, -0.1) is 0 Å². The molecule has 0 spiro atoms. The van der Waals surface area contributed by atoms with E-state index in [9.17, 15) is 5.11 Å². The van der Waals surface area contributed by atoms with Crippen molar-refractivity contribution >= 4 is 0 Å². The van der Waals surface area contributed by atoms with E-state index < -0.39 is 0 Å². The topological polar surface area (TPSA) is 41.5 Å². The van der Waals surface area contributed by atoms with Gasteiger partial charge in [0.25, 0.3) is 0 Å². The zero-order valence-corrected chi connectivity index (χ0v) is 11.3. The minimum absolute atomic E-state index is 0.170. The van der Waals surface area contributed by atoms with Crippen LogP contribution in [-0.2, 0) is 0 Å². The van der Waals surface area contributed by atoms with Crippen LogP contribution in [0.4, 0.5) is 0 Å². The van der Waals surface area contributed by atoms with Crippen molar-refractivity contribution < 1.29 is 9.84 Å². The Hall–Kier alpha value is -1.06. The van der Waals surface area contributed by atoms with Gasteiger partial charge < -0.3 is 15.2 Å². The molecule has 2 N–H and O–H groups in total. The van der Waals surface area contributed by atoms with Crippen LogP contribution < -0.4 is 10.1 Å². The SMILES string of the molecule is Cc1cc(C)cc(OCCC(CO)NC2CC2)c1. The van der Waals surface area contributed by atoms with Crippen LogP contribution >= 0.6 is 0 Å². The molecule has 0 aromatic heterocycles. The average Bonchev–Trinajstić information content (AvgIpc) is 3.10. The number of nitrogens with one attached hydrogen (secondary N) is 1. The summed E-state index contributed by atoms with van der Waals surface area (Å²) in [4.78, 5) is 0. The summed E-state index contributed by atoms with van der Waals surface area (Å²) in [5.74, 6) is 0.926. The third-order valence-corrected chi connectivity index (χ3v) is 3.20. The van der Waals surface area contributed by atoms with Gasteiger partial charge in [-0.2, -0.15) is 0 Å². The van der Waals surface area contributed by atoms with Crippen molar-refractivity contribution in [1.29, 1.82) is 0 Å². The number of hydrogen-bond acceptors (Lipinski definition) is 3. The fourth-order valence-electron chi connectivity index (χ4n) is 2.15. The molecule has 1 aliphatic rings. The quantitative estimate of drug-likeness (QED) is 0.778. The Balaban J connectivity index is 1.75. The second-order valence-corrected chi connectivity index (χ2v) is 5.28. The summed E-state index contributed by atoms with van der Waals surface area (Å²) in [5, 5.41) is 12.7. The molecule has 0 aliphatic heterocycles. The summed E-state index contributed by atoms with van der Waals surface area (Å²) in [6.07, 6.45) is 3.34. The van der Waals surface area contributed by atoms with Crippen molar-refractivity contribution in [1.82, 2.24) is 5.32 Å². The normalized spacial score (nSPS) is 16.6. The number of aliphatic hydroxyl groups excluding tert-OH is 1. The van der Waals surface area contributed by atoms with E-state index in [1.165, 1.54) is 24.0 Å². The monoisotopic (exact) mass is 249 g/mol. The molecule has 1 fully saturated rings. The maximum Gasteiger partial charge on any atom is 0.119 e. The van der Waals surface area contributed by atoms with Crippen LogP contribution in [0.5, 0.6) is 5.75 Å². The van der Waals surface area contributed by atoms with Gasteiger partial charge in [0.2, 0.25) is 0 Å². The third kappa shape index (κ3) is 4.31. The van der Waals surface area contributed by atoms with Crippen LogP contribution in [0.1, 0.15) is 30.4 Å². The summed E-state index contributed by atoms with van der Waals surface area (Å²) in [5.41, 5.74) is 2.44. The van der Waals surface area contributed by atoms with Crippen LogP contribution in [0.25, 0.3) is 0 Å². The molecule has 1 saturated carbocycles. The highest BCUT2D eigenvalue weighted by Crippen LogP contribution is 2.20. The molecule has 1 aromatic rings. The smallest absolute Gasteiger partial charge is 0.119 e. The molecule has 3 nitrogen and oxygen atoms in total. The third-order valence-electron chi connectivity index (χ3n) is 3.20. The molecule has 100 valence electrons. The van der Waals surface area contributed by atoms with E-state index in [0.29, 0.717) is 12.6 Å². The van der Waals surface area contributed by atoms with Gasteiger partial charge in [-0.3, -0.25) is 0 Å². The van der Waals surface area contributed by atoms with Crippen LogP contribution in [-0.4, -0.2) is 30.4 Å². The van der Waals surface area contributed by atoms with Gasteiger partial charge >= 0.3 is 0 Å². The van der Waals surface area contributed by atoms with Crippen molar-refractivity contribution in [3.05, 3.63) is 29.3 Å².